The third-order valence-electron chi connectivity index (χ3n) is 5.45. The van der Waals surface area contributed by atoms with Crippen LogP contribution in [0.5, 0.6) is 0 Å². The molecule has 0 spiro atoms. The van der Waals surface area contributed by atoms with E-state index in [0.29, 0.717) is 12.0 Å². The molecule has 0 fully saturated rings. The van der Waals surface area contributed by atoms with Gasteiger partial charge in [-0.15, -0.1) is 11.3 Å². The number of hydrogen-bond donors (Lipinski definition) is 1. The van der Waals surface area contributed by atoms with Gasteiger partial charge in [0.2, 0.25) is 0 Å². The van der Waals surface area contributed by atoms with E-state index < -0.39 is 4.92 Å². The van der Waals surface area contributed by atoms with Crippen LogP contribution in [-0.4, -0.2) is 16.6 Å². The summed E-state index contributed by atoms with van der Waals surface area (Å²) < 4.78 is 1.95. The maximum Gasteiger partial charge on any atom is 0.272 e. The topological polar surface area (TPSA) is 80.4 Å². The van der Waals surface area contributed by atoms with E-state index in [-0.39, 0.29) is 23.6 Å². The molecule has 5 nitrogen and oxygen atoms in total. The molecule has 0 saturated carbocycles. The zero-order valence-corrected chi connectivity index (χ0v) is 17.1. The first-order valence-electron chi connectivity index (χ1n) is 9.87. The van der Waals surface area contributed by atoms with Crippen LogP contribution in [0.25, 0.3) is 20.2 Å². The largest absolute Gasteiger partial charge is 0.396 e. The van der Waals surface area contributed by atoms with Gasteiger partial charge >= 0.3 is 0 Å². The van der Waals surface area contributed by atoms with Gasteiger partial charge in [-0.2, -0.15) is 0 Å². The van der Waals surface area contributed by atoms with E-state index in [1.165, 1.54) is 6.07 Å². The number of hydrogen-bond acceptors (Lipinski definition) is 5. The van der Waals surface area contributed by atoms with Crippen molar-refractivity contribution < 1.29 is 10.0 Å². The van der Waals surface area contributed by atoms with Crippen molar-refractivity contribution in [1.29, 1.82) is 0 Å². The van der Waals surface area contributed by atoms with E-state index in [4.69, 9.17) is 0 Å². The van der Waals surface area contributed by atoms with Gasteiger partial charge in [0.15, 0.2) is 5.43 Å². The highest BCUT2D eigenvalue weighted by Crippen LogP contribution is 2.30. The van der Waals surface area contributed by atoms with Gasteiger partial charge in [-0.1, -0.05) is 36.4 Å². The third-order valence-corrected chi connectivity index (χ3v) is 6.60. The molecule has 1 unspecified atom stereocenters. The Kier molecular flexibility index (Phi) is 5.88. The van der Waals surface area contributed by atoms with Crippen molar-refractivity contribution in [3.63, 3.8) is 0 Å². The quantitative estimate of drug-likeness (QED) is 0.246. The molecule has 6 heteroatoms. The van der Waals surface area contributed by atoms with E-state index >= 15 is 0 Å². The molecule has 0 aliphatic carbocycles. The molecule has 0 radical (unpaired) electrons. The van der Waals surface area contributed by atoms with Crippen molar-refractivity contribution in [3.8, 4) is 0 Å². The molecule has 4 rings (SSSR count). The molecule has 0 amide bonds. The van der Waals surface area contributed by atoms with Crippen LogP contribution in [0.2, 0.25) is 0 Å². The molecule has 0 bridgehead atoms. The van der Waals surface area contributed by atoms with Crippen molar-refractivity contribution in [2.45, 2.75) is 25.2 Å². The Labute approximate surface area is 177 Å². The lowest BCUT2D eigenvalue weighted by Crippen LogP contribution is -2.08. The van der Waals surface area contributed by atoms with Gasteiger partial charge in [-0.05, 0) is 49.1 Å². The monoisotopic (exact) mass is 419 g/mol. The van der Waals surface area contributed by atoms with Crippen molar-refractivity contribution in [3.05, 3.63) is 98.2 Å². The number of fused-ring (bicyclic) bond motifs is 2. The van der Waals surface area contributed by atoms with Crippen LogP contribution in [0.4, 0.5) is 5.69 Å². The molecule has 0 saturated heterocycles. The lowest BCUT2D eigenvalue weighted by atomic mass is 9.92. The third kappa shape index (κ3) is 3.97. The maximum absolute atomic E-state index is 12.9. The summed E-state index contributed by atoms with van der Waals surface area (Å²) in [4.78, 5) is 23.7. The minimum absolute atomic E-state index is 0.0478. The first-order valence-corrected chi connectivity index (χ1v) is 10.7. The summed E-state index contributed by atoms with van der Waals surface area (Å²) >= 11 is 1.61. The van der Waals surface area contributed by atoms with Crippen LogP contribution < -0.4 is 5.43 Å². The molecular formula is C24H21NO4S. The van der Waals surface area contributed by atoms with E-state index in [0.717, 1.165) is 38.6 Å². The fourth-order valence-corrected chi connectivity index (χ4v) is 4.95. The lowest BCUT2D eigenvalue weighted by Gasteiger charge is -2.14. The predicted molar refractivity (Wildman–Crippen MR) is 121 cm³/mol. The molecular weight excluding hydrogens is 398 g/mol. The van der Waals surface area contributed by atoms with E-state index in [1.54, 1.807) is 29.5 Å². The smallest absolute Gasteiger partial charge is 0.272 e. The van der Waals surface area contributed by atoms with E-state index in [2.05, 4.69) is 0 Å². The number of nitrogens with zero attached hydrogens (tertiary/aromatic N) is 1. The average Bonchev–Trinajstić information content (AvgIpc) is 2.77. The summed E-state index contributed by atoms with van der Waals surface area (Å²) in [6.45, 7) is -0.138. The fraction of sp³-hybridized carbons (Fsp3) is 0.208. The number of para-hydroxylation sites is 1. The lowest BCUT2D eigenvalue weighted by molar-refractivity contribution is -0.385. The van der Waals surface area contributed by atoms with Crippen LogP contribution >= 0.6 is 11.3 Å². The summed E-state index contributed by atoms with van der Waals surface area (Å²) in [6, 6.07) is 20.2. The highest BCUT2D eigenvalue weighted by molar-refractivity contribution is 7.24. The predicted octanol–water partition coefficient (Wildman–Crippen LogP) is 5.42. The Morgan fingerprint density at radius 2 is 1.70 bits per heavy atom. The van der Waals surface area contributed by atoms with Crippen LogP contribution in [0, 0.1) is 10.1 Å². The number of aliphatic hydroxyl groups excluding tert-OH is 1. The van der Waals surface area contributed by atoms with Crippen LogP contribution in [-0.2, 0) is 6.42 Å². The molecule has 1 atom stereocenters. The maximum atomic E-state index is 12.9. The Morgan fingerprint density at radius 3 is 2.50 bits per heavy atom. The van der Waals surface area contributed by atoms with Gasteiger partial charge in [0, 0.05) is 37.7 Å². The minimum Gasteiger partial charge on any atom is -0.396 e. The molecule has 1 heterocycles. The van der Waals surface area contributed by atoms with Crippen LogP contribution in [0.15, 0.2) is 71.5 Å². The van der Waals surface area contributed by atoms with Gasteiger partial charge in [0.25, 0.3) is 5.69 Å². The summed E-state index contributed by atoms with van der Waals surface area (Å²) in [7, 11) is 0. The fourth-order valence-electron chi connectivity index (χ4n) is 3.90. The van der Waals surface area contributed by atoms with Gasteiger partial charge in [0.1, 0.15) is 0 Å². The van der Waals surface area contributed by atoms with Gasteiger partial charge in [-0.3, -0.25) is 14.9 Å². The van der Waals surface area contributed by atoms with Crippen molar-refractivity contribution in [1.82, 2.24) is 0 Å². The molecule has 30 heavy (non-hydrogen) atoms. The Hall–Kier alpha value is -3.09. The molecule has 3 aromatic carbocycles. The highest BCUT2D eigenvalue weighted by atomic mass is 32.1. The second-order valence-corrected chi connectivity index (χ2v) is 8.43. The summed E-state index contributed by atoms with van der Waals surface area (Å²) in [6.07, 6.45) is 2.13. The Balaban J connectivity index is 1.53. The molecule has 4 aromatic rings. The van der Waals surface area contributed by atoms with Gasteiger partial charge < -0.3 is 5.11 Å². The van der Waals surface area contributed by atoms with Crippen molar-refractivity contribution in [2.24, 2.45) is 0 Å². The zero-order valence-electron chi connectivity index (χ0n) is 16.3. The summed E-state index contributed by atoms with van der Waals surface area (Å²) in [5, 5.41) is 22.6. The van der Waals surface area contributed by atoms with Gasteiger partial charge in [0.05, 0.1) is 11.5 Å². The summed E-state index contributed by atoms with van der Waals surface area (Å²) in [5.41, 5.74) is 1.72. The van der Waals surface area contributed by atoms with E-state index in [1.807, 2.05) is 42.5 Å². The highest BCUT2D eigenvalue weighted by Gasteiger charge is 2.20. The van der Waals surface area contributed by atoms with E-state index in [9.17, 15) is 20.0 Å². The second-order valence-electron chi connectivity index (χ2n) is 7.35. The van der Waals surface area contributed by atoms with Gasteiger partial charge in [-0.25, -0.2) is 0 Å². The van der Waals surface area contributed by atoms with Crippen LogP contribution in [0.1, 0.15) is 29.9 Å². The minimum atomic E-state index is -0.400. The zero-order chi connectivity index (χ0) is 21.1. The Bertz CT molecular complexity index is 1280. The average molecular weight is 420 g/mol. The molecule has 0 aliphatic heterocycles. The number of aliphatic hydroxyl groups is 1. The van der Waals surface area contributed by atoms with Crippen molar-refractivity contribution in [2.75, 3.05) is 6.61 Å². The van der Waals surface area contributed by atoms with Crippen LogP contribution in [0.3, 0.4) is 0 Å². The molecule has 152 valence electrons. The number of benzene rings is 3. The molecule has 1 N–H and O–H groups in total. The standard InChI is InChI=1S/C24H21NO4S/c26-15-17(18-8-1-3-10-21(18)25(28)29)7-5-6-16-12-13-23-20(14-16)24(27)19-9-2-4-11-22(19)30-23/h1-4,8-14,17,26H,5-7,15H2. The number of rotatable bonds is 7. The second kappa shape index (κ2) is 8.73. The number of nitro benzene ring substituents is 1. The normalized spacial score (nSPS) is 12.3. The molecule has 1 aromatic heterocycles. The summed E-state index contributed by atoms with van der Waals surface area (Å²) in [5.74, 6) is -0.284. The first-order chi connectivity index (χ1) is 14.6. The first kappa shape index (κ1) is 20.2. The SMILES string of the molecule is O=c1c2ccccc2sc2ccc(CCCC(CO)c3ccccc3[N+](=O)[O-])cc12. The van der Waals surface area contributed by atoms with Crippen molar-refractivity contribution >= 4 is 37.2 Å². The Morgan fingerprint density at radius 1 is 0.967 bits per heavy atom. The number of aryl methyl sites for hydroxylation is 1. The number of nitro groups is 1. The molecule has 0 aliphatic rings.